The van der Waals surface area contributed by atoms with E-state index in [1.54, 1.807) is 42.5 Å². The van der Waals surface area contributed by atoms with E-state index < -0.39 is 40.6 Å². The molecule has 0 spiro atoms. The molecule has 168 valence electrons. The topological polar surface area (TPSA) is 141 Å². The van der Waals surface area contributed by atoms with Crippen LogP contribution in [0, 0.1) is 0 Å². The van der Waals surface area contributed by atoms with Gasteiger partial charge in [0.15, 0.2) is 6.61 Å². The number of hydrogen-bond donors (Lipinski definition) is 1. The summed E-state index contributed by atoms with van der Waals surface area (Å²) in [4.78, 5) is 36.5. The van der Waals surface area contributed by atoms with Gasteiger partial charge in [-0.1, -0.05) is 35.5 Å². The van der Waals surface area contributed by atoms with E-state index >= 15 is 0 Å². The van der Waals surface area contributed by atoms with Crippen LogP contribution in [0.3, 0.4) is 0 Å². The van der Waals surface area contributed by atoms with Gasteiger partial charge in [0.2, 0.25) is 10.0 Å². The minimum Gasteiger partial charge on any atom is -0.454 e. The molecular weight excluding hydrogens is 438 g/mol. The summed E-state index contributed by atoms with van der Waals surface area (Å²) in [5.41, 5.74) is 0.285. The number of carbonyl (C=O) groups is 2. The van der Waals surface area contributed by atoms with Gasteiger partial charge in [0.05, 0.1) is 10.3 Å². The maximum absolute atomic E-state index is 12.4. The molecular formula is C20H21N5O6S. The summed E-state index contributed by atoms with van der Waals surface area (Å²) < 4.78 is 31.6. The monoisotopic (exact) mass is 459 g/mol. The number of esters is 1. The van der Waals surface area contributed by atoms with Gasteiger partial charge in [-0.05, 0) is 23.8 Å². The third kappa shape index (κ3) is 5.15. The van der Waals surface area contributed by atoms with Gasteiger partial charge in [-0.3, -0.25) is 14.4 Å². The van der Waals surface area contributed by atoms with Crippen LogP contribution >= 0.6 is 0 Å². The van der Waals surface area contributed by atoms with Gasteiger partial charge in [-0.2, -0.15) is 4.68 Å². The Morgan fingerprint density at radius 2 is 1.78 bits per heavy atom. The average molecular weight is 459 g/mol. The maximum atomic E-state index is 12.4. The zero-order valence-corrected chi connectivity index (χ0v) is 18.2. The molecule has 1 heterocycles. The van der Waals surface area contributed by atoms with E-state index in [1.165, 1.54) is 20.2 Å². The molecule has 0 aliphatic heterocycles. The van der Waals surface area contributed by atoms with Crippen LogP contribution in [0.2, 0.25) is 0 Å². The fraction of sp³-hybridized carbons (Fsp3) is 0.250. The Kier molecular flexibility index (Phi) is 6.95. The number of amides is 1. The fourth-order valence-electron chi connectivity index (χ4n) is 2.78. The highest BCUT2D eigenvalue weighted by Crippen LogP contribution is 2.18. The fourth-order valence-corrected chi connectivity index (χ4v) is 3.90. The molecule has 0 unspecified atom stereocenters. The Bertz CT molecular complexity index is 1320. The van der Waals surface area contributed by atoms with Crippen molar-refractivity contribution in [2.24, 2.45) is 0 Å². The normalized spacial score (nSPS) is 11.5. The first-order chi connectivity index (χ1) is 15.2. The lowest BCUT2D eigenvalue weighted by Crippen LogP contribution is -2.32. The standard InChI is InChI=1S/C20H21N5O6S/c1-24(2)32(29,30)17-10-6-3-7-14(17)11-21-18(26)13-31-19(27)12-25-20(28)15-8-4-5-9-16(15)22-23-25/h3-10H,11-13H2,1-2H3,(H,21,26). The molecule has 3 aromatic rings. The van der Waals surface area contributed by atoms with E-state index in [1.807, 2.05) is 0 Å². The molecule has 1 amide bonds. The van der Waals surface area contributed by atoms with E-state index in [0.29, 0.717) is 16.5 Å². The van der Waals surface area contributed by atoms with Crippen molar-refractivity contribution in [1.82, 2.24) is 24.6 Å². The van der Waals surface area contributed by atoms with Gasteiger partial charge in [0.25, 0.3) is 11.5 Å². The van der Waals surface area contributed by atoms with E-state index in [9.17, 15) is 22.8 Å². The van der Waals surface area contributed by atoms with Crippen molar-refractivity contribution in [3.05, 3.63) is 64.4 Å². The highest BCUT2D eigenvalue weighted by atomic mass is 32.2. The Balaban J connectivity index is 1.57. The zero-order valence-electron chi connectivity index (χ0n) is 17.4. The molecule has 2 aromatic carbocycles. The summed E-state index contributed by atoms with van der Waals surface area (Å²) in [6.45, 7) is -1.18. The Hall–Kier alpha value is -3.64. The van der Waals surface area contributed by atoms with Crippen LogP contribution in [0.4, 0.5) is 0 Å². The number of carbonyl (C=O) groups excluding carboxylic acids is 2. The van der Waals surface area contributed by atoms with Crippen LogP contribution in [0.25, 0.3) is 10.9 Å². The van der Waals surface area contributed by atoms with Crippen LogP contribution in [-0.2, 0) is 37.4 Å². The minimum absolute atomic E-state index is 0.0662. The summed E-state index contributed by atoms with van der Waals surface area (Å²) in [7, 11) is -0.860. The highest BCUT2D eigenvalue weighted by molar-refractivity contribution is 7.89. The van der Waals surface area contributed by atoms with Crippen molar-refractivity contribution in [2.75, 3.05) is 20.7 Å². The summed E-state index contributed by atoms with van der Waals surface area (Å²) in [5, 5.41) is 10.4. The first kappa shape index (κ1) is 23.0. The zero-order chi connectivity index (χ0) is 23.3. The lowest BCUT2D eigenvalue weighted by molar-refractivity contribution is -0.149. The Morgan fingerprint density at radius 1 is 1.09 bits per heavy atom. The SMILES string of the molecule is CN(C)S(=O)(=O)c1ccccc1CNC(=O)COC(=O)Cn1nnc2ccccc2c1=O. The molecule has 32 heavy (non-hydrogen) atoms. The van der Waals surface area contributed by atoms with E-state index in [0.717, 1.165) is 8.99 Å². The van der Waals surface area contributed by atoms with Crippen LogP contribution in [0.1, 0.15) is 5.56 Å². The third-order valence-corrected chi connectivity index (χ3v) is 6.40. The van der Waals surface area contributed by atoms with Crippen LogP contribution in [0.15, 0.2) is 58.2 Å². The van der Waals surface area contributed by atoms with Crippen molar-refractivity contribution in [2.45, 2.75) is 18.0 Å². The van der Waals surface area contributed by atoms with Crippen molar-refractivity contribution < 1.29 is 22.7 Å². The lowest BCUT2D eigenvalue weighted by Gasteiger charge is -2.15. The number of ether oxygens (including phenoxy) is 1. The van der Waals surface area contributed by atoms with Gasteiger partial charge in [0, 0.05) is 20.6 Å². The second kappa shape index (κ2) is 9.66. The Labute approximate surface area is 183 Å². The molecule has 3 rings (SSSR count). The predicted molar refractivity (Wildman–Crippen MR) is 114 cm³/mol. The number of rotatable bonds is 8. The van der Waals surface area contributed by atoms with Crippen molar-refractivity contribution in [3.8, 4) is 0 Å². The largest absolute Gasteiger partial charge is 0.454 e. The number of hydrogen-bond acceptors (Lipinski definition) is 8. The third-order valence-electron chi connectivity index (χ3n) is 4.48. The quantitative estimate of drug-likeness (QED) is 0.461. The molecule has 0 saturated carbocycles. The molecule has 0 bridgehead atoms. The van der Waals surface area contributed by atoms with E-state index in [-0.39, 0.29) is 11.4 Å². The van der Waals surface area contributed by atoms with Gasteiger partial charge < -0.3 is 10.1 Å². The summed E-state index contributed by atoms with van der Waals surface area (Å²) >= 11 is 0. The van der Waals surface area contributed by atoms with E-state index in [2.05, 4.69) is 15.6 Å². The smallest absolute Gasteiger partial charge is 0.328 e. The minimum atomic E-state index is -3.68. The molecule has 0 saturated heterocycles. The second-order valence-electron chi connectivity index (χ2n) is 6.90. The molecule has 0 aliphatic carbocycles. The Morgan fingerprint density at radius 3 is 2.53 bits per heavy atom. The van der Waals surface area contributed by atoms with Crippen molar-refractivity contribution >= 4 is 32.8 Å². The van der Waals surface area contributed by atoms with Crippen molar-refractivity contribution in [3.63, 3.8) is 0 Å². The number of nitrogens with one attached hydrogen (secondary N) is 1. The molecule has 1 aromatic heterocycles. The molecule has 12 heteroatoms. The molecule has 11 nitrogen and oxygen atoms in total. The predicted octanol–water partition coefficient (Wildman–Crippen LogP) is -0.0986. The molecule has 0 atom stereocenters. The maximum Gasteiger partial charge on any atom is 0.328 e. The second-order valence-corrected chi connectivity index (χ2v) is 9.02. The number of aromatic nitrogens is 3. The number of benzene rings is 2. The van der Waals surface area contributed by atoms with Gasteiger partial charge >= 0.3 is 5.97 Å². The summed E-state index contributed by atoms with van der Waals surface area (Å²) in [5.74, 6) is -1.48. The van der Waals surface area contributed by atoms with Crippen LogP contribution in [0.5, 0.6) is 0 Å². The van der Waals surface area contributed by atoms with Crippen molar-refractivity contribution in [1.29, 1.82) is 0 Å². The van der Waals surface area contributed by atoms with E-state index in [4.69, 9.17) is 4.74 Å². The van der Waals surface area contributed by atoms with Crippen LogP contribution < -0.4 is 10.9 Å². The first-order valence-electron chi connectivity index (χ1n) is 9.45. The van der Waals surface area contributed by atoms with Gasteiger partial charge in [0.1, 0.15) is 12.1 Å². The molecule has 0 radical (unpaired) electrons. The van der Waals surface area contributed by atoms with Gasteiger partial charge in [-0.25, -0.2) is 12.7 Å². The number of fused-ring (bicyclic) bond motifs is 1. The molecule has 1 N–H and O–H groups in total. The first-order valence-corrected chi connectivity index (χ1v) is 10.9. The van der Waals surface area contributed by atoms with Crippen LogP contribution in [-0.4, -0.2) is 60.3 Å². The molecule has 0 fully saturated rings. The average Bonchev–Trinajstić information content (AvgIpc) is 2.78. The summed E-state index contributed by atoms with van der Waals surface area (Å²) in [6.07, 6.45) is 0. The number of sulfonamides is 1. The number of nitrogens with zero attached hydrogens (tertiary/aromatic N) is 4. The summed E-state index contributed by atoms with van der Waals surface area (Å²) in [6, 6.07) is 12.8. The highest BCUT2D eigenvalue weighted by Gasteiger charge is 2.21. The van der Waals surface area contributed by atoms with Gasteiger partial charge in [-0.15, -0.1) is 5.10 Å². The lowest BCUT2D eigenvalue weighted by atomic mass is 10.2. The molecule has 0 aliphatic rings.